The lowest BCUT2D eigenvalue weighted by Gasteiger charge is -2.20. The average molecular weight is 1040 g/mol. The number of esters is 1. The number of aliphatic hydroxyl groups is 2. The Morgan fingerprint density at radius 2 is 0.635 bits per heavy atom. The third-order valence-electron chi connectivity index (χ3n) is 15.7. The number of carbonyl (C=O) groups excluding carboxylic acids is 2. The van der Waals surface area contributed by atoms with Crippen LogP contribution in [0.1, 0.15) is 373 Å². The molecule has 0 spiro atoms. The van der Waals surface area contributed by atoms with Crippen LogP contribution in [0.4, 0.5) is 0 Å². The Hall–Kier alpha value is -1.66. The first-order chi connectivity index (χ1) is 36.5. The predicted octanol–water partition coefficient (Wildman–Crippen LogP) is 21.4. The highest BCUT2D eigenvalue weighted by Crippen LogP contribution is 2.18. The van der Waals surface area contributed by atoms with Crippen molar-refractivity contribution < 1.29 is 24.5 Å². The lowest BCUT2D eigenvalue weighted by atomic mass is 10.0. The van der Waals surface area contributed by atoms with E-state index in [1.165, 1.54) is 308 Å². The normalized spacial score (nSPS) is 12.6. The summed E-state index contributed by atoms with van der Waals surface area (Å²) in [6, 6.07) is -0.630. The standard InChI is InChI=1S/C68H131NO5/c1-3-5-7-9-11-13-15-17-19-20-30-33-36-40-44-48-52-56-60-66(71)65(64-70)69-67(72)61-57-53-49-45-41-37-34-31-28-26-24-22-21-23-25-27-29-32-35-39-43-47-51-55-59-63-74-68(73)62-58-54-50-46-42-38-18-16-14-12-10-8-6-4-2/h22,24,56,60,65-66,70-71H,3-21,23,25-55,57-59,61-64H2,1-2H3,(H,69,72)/b24-22-,60-56+. The summed E-state index contributed by atoms with van der Waals surface area (Å²) in [6.07, 6.45) is 79.5. The monoisotopic (exact) mass is 1040 g/mol. The molecular weight excluding hydrogens is 911 g/mol. The van der Waals surface area contributed by atoms with Gasteiger partial charge in [-0.1, -0.05) is 327 Å². The zero-order valence-electron chi connectivity index (χ0n) is 50.1. The van der Waals surface area contributed by atoms with Crippen LogP contribution in [0.3, 0.4) is 0 Å². The van der Waals surface area contributed by atoms with E-state index in [1.807, 2.05) is 6.08 Å². The first-order valence-corrected chi connectivity index (χ1v) is 33.6. The van der Waals surface area contributed by atoms with E-state index in [0.717, 1.165) is 38.5 Å². The molecule has 0 aromatic carbocycles. The van der Waals surface area contributed by atoms with Crippen molar-refractivity contribution >= 4 is 11.9 Å². The van der Waals surface area contributed by atoms with Crippen molar-refractivity contribution in [3.05, 3.63) is 24.3 Å². The summed E-state index contributed by atoms with van der Waals surface area (Å²) >= 11 is 0. The molecule has 0 saturated heterocycles. The molecule has 0 aromatic heterocycles. The molecule has 2 unspecified atom stereocenters. The van der Waals surface area contributed by atoms with E-state index >= 15 is 0 Å². The minimum atomic E-state index is -0.846. The number of allylic oxidation sites excluding steroid dienone is 3. The number of hydrogen-bond acceptors (Lipinski definition) is 5. The van der Waals surface area contributed by atoms with E-state index < -0.39 is 12.1 Å². The highest BCUT2D eigenvalue weighted by Gasteiger charge is 2.18. The van der Waals surface area contributed by atoms with Gasteiger partial charge in [-0.05, 0) is 57.8 Å². The molecule has 0 bridgehead atoms. The lowest BCUT2D eigenvalue weighted by Crippen LogP contribution is -2.45. The van der Waals surface area contributed by atoms with Gasteiger partial charge in [0.05, 0.1) is 25.4 Å². The first-order valence-electron chi connectivity index (χ1n) is 33.6. The second-order valence-corrected chi connectivity index (χ2v) is 23.2. The molecule has 0 aliphatic carbocycles. The number of unbranched alkanes of at least 4 members (excludes halogenated alkanes) is 50. The molecule has 0 rings (SSSR count). The summed E-state index contributed by atoms with van der Waals surface area (Å²) in [6.45, 7) is 4.94. The van der Waals surface area contributed by atoms with Gasteiger partial charge in [-0.25, -0.2) is 0 Å². The largest absolute Gasteiger partial charge is 0.466 e. The second kappa shape index (κ2) is 63.9. The van der Waals surface area contributed by atoms with Crippen LogP contribution in [0, 0.1) is 0 Å². The van der Waals surface area contributed by atoms with Gasteiger partial charge in [-0.15, -0.1) is 0 Å². The molecule has 0 fully saturated rings. The Bertz CT molecular complexity index is 1150. The molecule has 6 heteroatoms. The fraction of sp³-hybridized carbons (Fsp3) is 0.912. The smallest absolute Gasteiger partial charge is 0.305 e. The van der Waals surface area contributed by atoms with Crippen molar-refractivity contribution in [2.75, 3.05) is 13.2 Å². The minimum absolute atomic E-state index is 0.0158. The van der Waals surface area contributed by atoms with Crippen LogP contribution in [0.5, 0.6) is 0 Å². The van der Waals surface area contributed by atoms with Crippen LogP contribution in [-0.2, 0) is 14.3 Å². The molecule has 3 N–H and O–H groups in total. The topological polar surface area (TPSA) is 95.9 Å². The first kappa shape index (κ1) is 72.3. The van der Waals surface area contributed by atoms with Gasteiger partial charge < -0.3 is 20.3 Å². The van der Waals surface area contributed by atoms with Crippen LogP contribution >= 0.6 is 0 Å². The minimum Gasteiger partial charge on any atom is -0.466 e. The summed E-state index contributed by atoms with van der Waals surface area (Å²) in [5.74, 6) is -0.0522. The summed E-state index contributed by atoms with van der Waals surface area (Å²) in [5, 5.41) is 23.2. The van der Waals surface area contributed by atoms with Crippen molar-refractivity contribution in [3.63, 3.8) is 0 Å². The van der Waals surface area contributed by atoms with Gasteiger partial charge in [0.25, 0.3) is 0 Å². The molecule has 0 aromatic rings. The van der Waals surface area contributed by atoms with Gasteiger partial charge in [0, 0.05) is 12.8 Å². The van der Waals surface area contributed by atoms with Crippen molar-refractivity contribution in [3.8, 4) is 0 Å². The third-order valence-corrected chi connectivity index (χ3v) is 15.7. The fourth-order valence-electron chi connectivity index (χ4n) is 10.6. The Morgan fingerprint density at radius 3 is 0.959 bits per heavy atom. The van der Waals surface area contributed by atoms with Gasteiger partial charge in [0.15, 0.2) is 0 Å². The van der Waals surface area contributed by atoms with Gasteiger partial charge in [-0.3, -0.25) is 9.59 Å². The molecule has 438 valence electrons. The molecule has 2 atom stereocenters. The Balaban J connectivity index is 3.41. The van der Waals surface area contributed by atoms with Crippen LogP contribution < -0.4 is 5.32 Å². The van der Waals surface area contributed by atoms with E-state index in [0.29, 0.717) is 19.4 Å². The Morgan fingerprint density at radius 1 is 0.365 bits per heavy atom. The summed E-state index contributed by atoms with van der Waals surface area (Å²) in [5.41, 5.74) is 0. The number of rotatable bonds is 63. The maximum atomic E-state index is 12.5. The Labute approximate surface area is 462 Å². The third kappa shape index (κ3) is 59.6. The number of ether oxygens (including phenoxy) is 1. The molecular formula is C68H131NO5. The average Bonchev–Trinajstić information content (AvgIpc) is 3.40. The van der Waals surface area contributed by atoms with Crippen molar-refractivity contribution in [2.24, 2.45) is 0 Å². The van der Waals surface area contributed by atoms with Gasteiger partial charge in [0.2, 0.25) is 5.91 Å². The van der Waals surface area contributed by atoms with Crippen molar-refractivity contribution in [1.82, 2.24) is 5.32 Å². The Kier molecular flexibility index (Phi) is 62.4. The fourth-order valence-corrected chi connectivity index (χ4v) is 10.6. The lowest BCUT2D eigenvalue weighted by molar-refractivity contribution is -0.143. The van der Waals surface area contributed by atoms with E-state index in [4.69, 9.17) is 4.74 Å². The molecule has 0 aliphatic rings. The van der Waals surface area contributed by atoms with Crippen LogP contribution in [0.25, 0.3) is 0 Å². The SMILES string of the molecule is CCCCCCCCCCCCCCCCCC/C=C/C(O)C(CO)NC(=O)CCCCCCCCCCC/C=C\CCCCCCCCCCCCCCOC(=O)CCCCCCCCCCCCCCCC. The molecule has 0 saturated carbocycles. The summed E-state index contributed by atoms with van der Waals surface area (Å²) in [7, 11) is 0. The molecule has 0 heterocycles. The van der Waals surface area contributed by atoms with Crippen molar-refractivity contribution in [2.45, 2.75) is 386 Å². The zero-order valence-corrected chi connectivity index (χ0v) is 50.1. The maximum absolute atomic E-state index is 12.5. The molecule has 0 aliphatic heterocycles. The number of aliphatic hydroxyl groups excluding tert-OH is 2. The molecule has 6 nitrogen and oxygen atoms in total. The maximum Gasteiger partial charge on any atom is 0.305 e. The van der Waals surface area contributed by atoms with Crippen LogP contribution in [0.2, 0.25) is 0 Å². The van der Waals surface area contributed by atoms with Gasteiger partial charge >= 0.3 is 5.97 Å². The van der Waals surface area contributed by atoms with E-state index in [1.54, 1.807) is 6.08 Å². The number of nitrogens with one attached hydrogen (secondary N) is 1. The summed E-state index contributed by atoms with van der Waals surface area (Å²) in [4.78, 5) is 24.6. The van der Waals surface area contributed by atoms with E-state index in [9.17, 15) is 19.8 Å². The number of hydrogen-bond donors (Lipinski definition) is 3. The number of carbonyl (C=O) groups is 2. The molecule has 1 amide bonds. The molecule has 74 heavy (non-hydrogen) atoms. The highest BCUT2D eigenvalue weighted by atomic mass is 16.5. The van der Waals surface area contributed by atoms with Gasteiger partial charge in [0.1, 0.15) is 0 Å². The van der Waals surface area contributed by atoms with Crippen LogP contribution in [0.15, 0.2) is 24.3 Å². The number of amides is 1. The quantitative estimate of drug-likeness (QED) is 0.0320. The molecule has 0 radical (unpaired) electrons. The second-order valence-electron chi connectivity index (χ2n) is 23.2. The van der Waals surface area contributed by atoms with E-state index in [2.05, 4.69) is 31.3 Å². The highest BCUT2D eigenvalue weighted by molar-refractivity contribution is 5.76. The van der Waals surface area contributed by atoms with E-state index in [-0.39, 0.29) is 18.5 Å². The summed E-state index contributed by atoms with van der Waals surface area (Å²) < 4.78 is 5.49. The van der Waals surface area contributed by atoms with Crippen LogP contribution in [-0.4, -0.2) is 47.4 Å². The van der Waals surface area contributed by atoms with Crippen molar-refractivity contribution in [1.29, 1.82) is 0 Å². The zero-order chi connectivity index (χ0) is 53.6. The van der Waals surface area contributed by atoms with Gasteiger partial charge in [-0.2, -0.15) is 0 Å². The predicted molar refractivity (Wildman–Crippen MR) is 324 cm³/mol.